The fraction of sp³-hybridized carbons (Fsp3) is 0.250. The average molecular weight is 408 g/mol. The number of aryl methyl sites for hydroxylation is 1. The fourth-order valence-electron chi connectivity index (χ4n) is 3.54. The van der Waals surface area contributed by atoms with E-state index >= 15 is 0 Å². The largest absolute Gasteiger partial charge is 0.332 e. The van der Waals surface area contributed by atoms with Crippen molar-refractivity contribution < 1.29 is 9.59 Å². The van der Waals surface area contributed by atoms with E-state index in [1.807, 2.05) is 30.3 Å². The summed E-state index contributed by atoms with van der Waals surface area (Å²) in [5.41, 5.74) is -0.171. The van der Waals surface area contributed by atoms with Crippen molar-refractivity contribution in [1.82, 2.24) is 18.9 Å². The Labute approximate surface area is 170 Å². The molecule has 30 heavy (non-hydrogen) atoms. The summed E-state index contributed by atoms with van der Waals surface area (Å²) in [5.74, 6) is -1.45. The van der Waals surface area contributed by atoms with Crippen molar-refractivity contribution in [3.05, 3.63) is 74.6 Å². The lowest BCUT2D eigenvalue weighted by molar-refractivity contribution is -0.122. The Kier molecular flexibility index (Phi) is 4.82. The van der Waals surface area contributed by atoms with Crippen LogP contribution >= 0.6 is 0 Å². The van der Waals surface area contributed by atoms with E-state index in [2.05, 4.69) is 15.7 Å². The Morgan fingerprint density at radius 3 is 2.53 bits per heavy atom. The summed E-state index contributed by atoms with van der Waals surface area (Å²) in [6, 6.07) is 10.8. The normalized spacial score (nSPS) is 15.0. The van der Waals surface area contributed by atoms with Crippen LogP contribution in [0.5, 0.6) is 0 Å². The predicted octanol–water partition coefficient (Wildman–Crippen LogP) is 0.393. The van der Waals surface area contributed by atoms with Crippen LogP contribution in [0.1, 0.15) is 23.5 Å². The van der Waals surface area contributed by atoms with Crippen molar-refractivity contribution in [2.45, 2.75) is 18.9 Å². The van der Waals surface area contributed by atoms with Gasteiger partial charge in [0.15, 0.2) is 5.82 Å². The number of anilines is 2. The van der Waals surface area contributed by atoms with Gasteiger partial charge in [-0.05, 0) is 5.56 Å². The number of nitrogens with zero attached hydrogens (tertiary/aromatic N) is 4. The number of benzene rings is 1. The van der Waals surface area contributed by atoms with E-state index in [1.54, 1.807) is 19.3 Å². The molecule has 3 aromatic rings. The van der Waals surface area contributed by atoms with Crippen LogP contribution < -0.4 is 21.9 Å². The summed E-state index contributed by atoms with van der Waals surface area (Å²) in [5, 5.41) is 9.31. The van der Waals surface area contributed by atoms with Gasteiger partial charge in [-0.25, -0.2) is 4.79 Å². The minimum Gasteiger partial charge on any atom is -0.311 e. The molecular weight excluding hydrogens is 388 g/mol. The van der Waals surface area contributed by atoms with Gasteiger partial charge in [-0.2, -0.15) is 5.10 Å². The van der Waals surface area contributed by atoms with Crippen molar-refractivity contribution in [3.8, 4) is 0 Å². The third kappa shape index (κ3) is 3.43. The molecular formula is C20H20N6O4. The van der Waals surface area contributed by atoms with Gasteiger partial charge in [-0.15, -0.1) is 0 Å². The number of fused-ring (bicyclic) bond motifs is 1. The molecule has 4 rings (SSSR count). The van der Waals surface area contributed by atoms with E-state index in [0.29, 0.717) is 5.82 Å². The molecule has 1 aromatic carbocycles. The second-order valence-electron chi connectivity index (χ2n) is 7.15. The molecule has 1 atom stereocenters. The van der Waals surface area contributed by atoms with Gasteiger partial charge in [-0.3, -0.25) is 28.2 Å². The molecule has 3 heterocycles. The zero-order chi connectivity index (χ0) is 21.4. The smallest absolute Gasteiger partial charge is 0.311 e. The van der Waals surface area contributed by atoms with E-state index in [0.717, 1.165) is 10.1 Å². The van der Waals surface area contributed by atoms with Crippen molar-refractivity contribution in [3.63, 3.8) is 0 Å². The summed E-state index contributed by atoms with van der Waals surface area (Å²) in [7, 11) is 3.08. The molecule has 0 unspecified atom stereocenters. The molecule has 0 saturated carbocycles. The maximum absolute atomic E-state index is 12.8. The van der Waals surface area contributed by atoms with Crippen LogP contribution in [-0.2, 0) is 30.2 Å². The summed E-state index contributed by atoms with van der Waals surface area (Å²) in [4.78, 5) is 50.6. The number of carbonyl (C=O) groups excluding carboxylic acids is 2. The Balaban J connectivity index is 1.69. The molecule has 0 radical (unpaired) electrons. The maximum atomic E-state index is 12.8. The number of hydrogen-bond acceptors (Lipinski definition) is 5. The van der Waals surface area contributed by atoms with Gasteiger partial charge < -0.3 is 10.6 Å². The van der Waals surface area contributed by atoms with Crippen LogP contribution in [0.2, 0.25) is 0 Å². The highest BCUT2D eigenvalue weighted by Crippen LogP contribution is 2.31. The van der Waals surface area contributed by atoms with Gasteiger partial charge in [0.05, 0.1) is 18.0 Å². The molecule has 10 nitrogen and oxygen atoms in total. The van der Waals surface area contributed by atoms with Crippen molar-refractivity contribution in [2.75, 3.05) is 10.6 Å². The molecule has 0 aliphatic carbocycles. The van der Waals surface area contributed by atoms with Gasteiger partial charge in [0, 0.05) is 32.8 Å². The maximum Gasteiger partial charge on any atom is 0.332 e. The zero-order valence-corrected chi connectivity index (χ0v) is 16.5. The molecule has 2 aromatic heterocycles. The van der Waals surface area contributed by atoms with Gasteiger partial charge in [-0.1, -0.05) is 30.3 Å². The Hall–Kier alpha value is -3.95. The molecule has 1 aliphatic rings. The SMILES string of the molecule is Cn1ccc(NC(=O)C[C@@H]2C(=O)Nc3c2c(=O)n(C)c(=O)n3Cc2ccccc2)n1. The molecule has 2 amide bonds. The first-order chi connectivity index (χ1) is 14.3. The van der Waals surface area contributed by atoms with Crippen LogP contribution in [0.25, 0.3) is 0 Å². The monoisotopic (exact) mass is 408 g/mol. The molecule has 154 valence electrons. The molecule has 0 bridgehead atoms. The minimum atomic E-state index is -0.995. The van der Waals surface area contributed by atoms with Gasteiger partial charge in [0.1, 0.15) is 5.82 Å². The van der Waals surface area contributed by atoms with Crippen molar-refractivity contribution in [1.29, 1.82) is 0 Å². The summed E-state index contributed by atoms with van der Waals surface area (Å²) < 4.78 is 3.84. The Morgan fingerprint density at radius 1 is 1.13 bits per heavy atom. The summed E-state index contributed by atoms with van der Waals surface area (Å²) in [6.45, 7) is 0.184. The van der Waals surface area contributed by atoms with Crippen LogP contribution in [0.15, 0.2) is 52.2 Å². The highest BCUT2D eigenvalue weighted by molar-refractivity contribution is 6.05. The molecule has 1 aliphatic heterocycles. The van der Waals surface area contributed by atoms with Crippen LogP contribution in [0.4, 0.5) is 11.6 Å². The topological polar surface area (TPSA) is 120 Å². The lowest BCUT2D eigenvalue weighted by Gasteiger charge is -2.14. The van der Waals surface area contributed by atoms with E-state index < -0.39 is 29.0 Å². The third-order valence-corrected chi connectivity index (χ3v) is 5.04. The van der Waals surface area contributed by atoms with Gasteiger partial charge in [0.2, 0.25) is 11.8 Å². The van der Waals surface area contributed by atoms with Gasteiger partial charge in [0.25, 0.3) is 5.56 Å². The Bertz CT molecular complexity index is 1250. The number of amides is 2. The summed E-state index contributed by atoms with van der Waals surface area (Å²) >= 11 is 0. The second-order valence-corrected chi connectivity index (χ2v) is 7.15. The first kappa shape index (κ1) is 19.4. The van der Waals surface area contributed by atoms with E-state index in [9.17, 15) is 19.2 Å². The lowest BCUT2D eigenvalue weighted by Crippen LogP contribution is -2.40. The quantitative estimate of drug-likeness (QED) is 0.633. The number of carbonyl (C=O) groups is 2. The number of nitrogens with one attached hydrogen (secondary N) is 2. The van der Waals surface area contributed by atoms with E-state index in [-0.39, 0.29) is 24.3 Å². The number of hydrogen-bond donors (Lipinski definition) is 2. The number of rotatable bonds is 5. The summed E-state index contributed by atoms with van der Waals surface area (Å²) in [6.07, 6.45) is 1.43. The van der Waals surface area contributed by atoms with Crippen LogP contribution in [-0.4, -0.2) is 30.7 Å². The number of aromatic nitrogens is 4. The minimum absolute atomic E-state index is 0.120. The first-order valence-electron chi connectivity index (χ1n) is 9.33. The van der Waals surface area contributed by atoms with E-state index in [4.69, 9.17) is 0 Å². The highest BCUT2D eigenvalue weighted by atomic mass is 16.2. The predicted molar refractivity (Wildman–Crippen MR) is 109 cm³/mol. The van der Waals surface area contributed by atoms with E-state index in [1.165, 1.54) is 16.3 Å². The molecule has 10 heteroatoms. The lowest BCUT2D eigenvalue weighted by atomic mass is 9.99. The zero-order valence-electron chi connectivity index (χ0n) is 16.5. The van der Waals surface area contributed by atoms with Crippen molar-refractivity contribution in [2.24, 2.45) is 14.1 Å². The molecule has 0 fully saturated rings. The average Bonchev–Trinajstić information content (AvgIpc) is 3.27. The van der Waals surface area contributed by atoms with Crippen molar-refractivity contribution >= 4 is 23.5 Å². The van der Waals surface area contributed by atoms with Crippen LogP contribution in [0.3, 0.4) is 0 Å². The fourth-order valence-corrected chi connectivity index (χ4v) is 3.54. The second kappa shape index (κ2) is 7.47. The first-order valence-corrected chi connectivity index (χ1v) is 9.33. The molecule has 0 spiro atoms. The van der Waals surface area contributed by atoms with Crippen LogP contribution in [0, 0.1) is 0 Å². The standard InChI is InChI=1S/C20H20N6O4/c1-24-9-8-14(23-24)21-15(27)10-13-16-17(22-18(13)28)26(20(30)25(2)19(16)29)11-12-6-4-3-5-7-12/h3-9,13H,10-11H2,1-2H3,(H,22,28)(H,21,23,27)/t13-/m0/s1. The van der Waals surface area contributed by atoms with Gasteiger partial charge >= 0.3 is 5.69 Å². The molecule has 2 N–H and O–H groups in total. The molecule has 0 saturated heterocycles. The third-order valence-electron chi connectivity index (χ3n) is 5.04. The highest BCUT2D eigenvalue weighted by Gasteiger charge is 2.38. The Morgan fingerprint density at radius 2 is 1.87 bits per heavy atom.